The number of nitrogens with one attached hydrogen (secondary N) is 1. The third-order valence-electron chi connectivity index (χ3n) is 4.68. The van der Waals surface area contributed by atoms with E-state index >= 15 is 0 Å². The summed E-state index contributed by atoms with van der Waals surface area (Å²) in [6.45, 7) is 5.57. The van der Waals surface area contributed by atoms with Crippen LogP contribution in [0.2, 0.25) is 15.1 Å². The van der Waals surface area contributed by atoms with Gasteiger partial charge in [0.05, 0.1) is 5.02 Å². The van der Waals surface area contributed by atoms with Gasteiger partial charge in [-0.25, -0.2) is 0 Å². The van der Waals surface area contributed by atoms with Crippen molar-refractivity contribution in [3.05, 3.63) is 63.1 Å². The normalized spacial score (nSPS) is 12.7. The summed E-state index contributed by atoms with van der Waals surface area (Å²) in [4.78, 5) is 27.1. The predicted octanol–water partition coefficient (Wildman–Crippen LogP) is 5.36. The molecule has 0 saturated heterocycles. The number of benzene rings is 2. The van der Waals surface area contributed by atoms with E-state index in [9.17, 15) is 9.59 Å². The molecule has 0 aromatic heterocycles. The number of halogens is 3. The molecule has 30 heavy (non-hydrogen) atoms. The summed E-state index contributed by atoms with van der Waals surface area (Å²) in [6, 6.07) is 11.2. The van der Waals surface area contributed by atoms with E-state index in [0.717, 1.165) is 12.0 Å². The van der Waals surface area contributed by atoms with E-state index in [1.165, 1.54) is 11.0 Å². The molecular weight excluding hydrogens is 447 g/mol. The van der Waals surface area contributed by atoms with Crippen LogP contribution in [-0.4, -0.2) is 35.4 Å². The van der Waals surface area contributed by atoms with Crippen LogP contribution in [0.15, 0.2) is 42.5 Å². The van der Waals surface area contributed by atoms with E-state index in [1.807, 2.05) is 26.0 Å². The molecule has 162 valence electrons. The van der Waals surface area contributed by atoms with Crippen molar-refractivity contribution in [2.75, 3.05) is 6.61 Å². The van der Waals surface area contributed by atoms with Crippen LogP contribution in [0.4, 0.5) is 0 Å². The maximum absolute atomic E-state index is 13.0. The number of hydrogen-bond acceptors (Lipinski definition) is 3. The highest BCUT2D eigenvalue weighted by Crippen LogP contribution is 2.27. The zero-order valence-electron chi connectivity index (χ0n) is 17.1. The molecule has 2 rings (SSSR count). The molecule has 0 aliphatic carbocycles. The Bertz CT molecular complexity index is 874. The first-order valence-electron chi connectivity index (χ1n) is 9.63. The van der Waals surface area contributed by atoms with Gasteiger partial charge in [0, 0.05) is 22.6 Å². The quantitative estimate of drug-likeness (QED) is 0.536. The Morgan fingerprint density at radius 1 is 1.03 bits per heavy atom. The van der Waals surface area contributed by atoms with Gasteiger partial charge in [0.2, 0.25) is 5.91 Å². The molecular formula is C22H25Cl3N2O3. The van der Waals surface area contributed by atoms with Gasteiger partial charge in [-0.05, 0) is 56.2 Å². The Morgan fingerprint density at radius 2 is 1.67 bits per heavy atom. The monoisotopic (exact) mass is 470 g/mol. The summed E-state index contributed by atoms with van der Waals surface area (Å²) < 4.78 is 5.59. The molecule has 0 spiro atoms. The molecule has 0 radical (unpaired) electrons. The lowest BCUT2D eigenvalue weighted by Gasteiger charge is -2.29. The van der Waals surface area contributed by atoms with Gasteiger partial charge in [0.25, 0.3) is 5.91 Å². The lowest BCUT2D eigenvalue weighted by Crippen LogP contribution is -2.50. The van der Waals surface area contributed by atoms with Gasteiger partial charge in [-0.3, -0.25) is 9.59 Å². The lowest BCUT2D eigenvalue weighted by atomic mass is 10.1. The van der Waals surface area contributed by atoms with Gasteiger partial charge in [0.15, 0.2) is 6.61 Å². The highest BCUT2D eigenvalue weighted by atomic mass is 35.5. The first kappa shape index (κ1) is 24.3. The van der Waals surface area contributed by atoms with Crippen LogP contribution in [0.25, 0.3) is 0 Å². The van der Waals surface area contributed by atoms with Crippen LogP contribution in [0.1, 0.15) is 32.8 Å². The van der Waals surface area contributed by atoms with E-state index < -0.39 is 6.04 Å². The summed E-state index contributed by atoms with van der Waals surface area (Å²) >= 11 is 18.0. The van der Waals surface area contributed by atoms with Crippen molar-refractivity contribution in [3.63, 3.8) is 0 Å². The fourth-order valence-corrected chi connectivity index (χ4v) is 3.24. The Labute approximate surface area is 192 Å². The summed E-state index contributed by atoms with van der Waals surface area (Å²) in [5, 5.41) is 4.29. The molecule has 8 heteroatoms. The number of nitrogens with zero attached hydrogens (tertiary/aromatic N) is 1. The van der Waals surface area contributed by atoms with Crippen LogP contribution >= 0.6 is 34.8 Å². The maximum atomic E-state index is 13.0. The second-order valence-corrected chi connectivity index (χ2v) is 8.29. The van der Waals surface area contributed by atoms with E-state index in [1.54, 1.807) is 31.2 Å². The molecule has 2 unspecified atom stereocenters. The number of rotatable bonds is 9. The second-order valence-electron chi connectivity index (χ2n) is 7.01. The van der Waals surface area contributed by atoms with Crippen LogP contribution in [0, 0.1) is 0 Å². The molecule has 0 aliphatic rings. The van der Waals surface area contributed by atoms with Crippen molar-refractivity contribution in [2.24, 2.45) is 0 Å². The van der Waals surface area contributed by atoms with E-state index in [2.05, 4.69) is 5.32 Å². The average molecular weight is 472 g/mol. The summed E-state index contributed by atoms with van der Waals surface area (Å²) in [7, 11) is 0. The first-order chi connectivity index (χ1) is 14.2. The Morgan fingerprint density at radius 3 is 2.27 bits per heavy atom. The fourth-order valence-electron chi connectivity index (χ4n) is 2.65. The topological polar surface area (TPSA) is 58.6 Å². The predicted molar refractivity (Wildman–Crippen MR) is 121 cm³/mol. The van der Waals surface area contributed by atoms with Gasteiger partial charge in [-0.15, -0.1) is 0 Å². The van der Waals surface area contributed by atoms with Crippen molar-refractivity contribution in [2.45, 2.75) is 45.8 Å². The van der Waals surface area contributed by atoms with Crippen molar-refractivity contribution in [1.29, 1.82) is 0 Å². The third-order valence-corrected chi connectivity index (χ3v) is 5.46. The van der Waals surface area contributed by atoms with Gasteiger partial charge >= 0.3 is 0 Å². The smallest absolute Gasteiger partial charge is 0.261 e. The average Bonchev–Trinajstić information content (AvgIpc) is 2.71. The highest BCUT2D eigenvalue weighted by molar-refractivity contribution is 6.35. The second kappa shape index (κ2) is 11.4. The number of carbonyl (C=O) groups excluding carboxylic acids is 2. The fraction of sp³-hybridized carbons (Fsp3) is 0.364. The zero-order chi connectivity index (χ0) is 22.3. The standard InChI is InChI=1S/C22H25Cl3N2O3/c1-4-14(2)26-22(29)15(3)27(12-16-5-7-17(23)8-6-16)21(28)13-30-20-10-9-18(24)11-19(20)25/h5-11,14-15H,4,12-13H2,1-3H3,(H,26,29). The van der Waals surface area contributed by atoms with Crippen LogP contribution < -0.4 is 10.1 Å². The number of hydrogen-bond donors (Lipinski definition) is 1. The Hall–Kier alpha value is -1.95. The largest absolute Gasteiger partial charge is 0.482 e. The molecule has 2 amide bonds. The molecule has 0 heterocycles. The molecule has 5 nitrogen and oxygen atoms in total. The summed E-state index contributed by atoms with van der Waals surface area (Å²) in [5.74, 6) is -0.225. The summed E-state index contributed by atoms with van der Waals surface area (Å²) in [5.41, 5.74) is 0.848. The molecule has 2 aromatic rings. The van der Waals surface area contributed by atoms with Crippen LogP contribution in [0.5, 0.6) is 5.75 Å². The van der Waals surface area contributed by atoms with E-state index in [4.69, 9.17) is 39.5 Å². The van der Waals surface area contributed by atoms with E-state index in [-0.39, 0.29) is 31.0 Å². The minimum atomic E-state index is -0.688. The van der Waals surface area contributed by atoms with Gasteiger partial charge < -0.3 is 15.0 Å². The summed E-state index contributed by atoms with van der Waals surface area (Å²) in [6.07, 6.45) is 0.793. The SMILES string of the molecule is CCC(C)NC(=O)C(C)N(Cc1ccc(Cl)cc1)C(=O)COc1ccc(Cl)cc1Cl. The molecule has 0 aliphatic heterocycles. The van der Waals surface area contributed by atoms with Crippen LogP contribution in [-0.2, 0) is 16.1 Å². The first-order valence-corrected chi connectivity index (χ1v) is 10.8. The molecule has 1 N–H and O–H groups in total. The molecule has 0 fully saturated rings. The number of ether oxygens (including phenoxy) is 1. The third kappa shape index (κ3) is 7.08. The minimum absolute atomic E-state index is 0.0107. The van der Waals surface area contributed by atoms with Gasteiger partial charge in [0.1, 0.15) is 11.8 Å². The Balaban J connectivity index is 2.16. The van der Waals surface area contributed by atoms with Crippen molar-refractivity contribution >= 4 is 46.6 Å². The maximum Gasteiger partial charge on any atom is 0.261 e. The number of amides is 2. The highest BCUT2D eigenvalue weighted by Gasteiger charge is 2.27. The van der Waals surface area contributed by atoms with Crippen molar-refractivity contribution < 1.29 is 14.3 Å². The molecule has 2 aromatic carbocycles. The van der Waals surface area contributed by atoms with Crippen LogP contribution in [0.3, 0.4) is 0 Å². The van der Waals surface area contributed by atoms with Gasteiger partial charge in [-0.1, -0.05) is 53.9 Å². The van der Waals surface area contributed by atoms with Crippen molar-refractivity contribution in [1.82, 2.24) is 10.2 Å². The lowest BCUT2D eigenvalue weighted by molar-refractivity contribution is -0.142. The van der Waals surface area contributed by atoms with Crippen molar-refractivity contribution in [3.8, 4) is 5.75 Å². The minimum Gasteiger partial charge on any atom is -0.482 e. The van der Waals surface area contributed by atoms with E-state index in [0.29, 0.717) is 20.8 Å². The molecule has 0 bridgehead atoms. The molecule has 0 saturated carbocycles. The number of carbonyl (C=O) groups is 2. The Kier molecular flexibility index (Phi) is 9.28. The zero-order valence-corrected chi connectivity index (χ0v) is 19.4. The molecule has 2 atom stereocenters. The van der Waals surface area contributed by atoms with Gasteiger partial charge in [-0.2, -0.15) is 0 Å².